The van der Waals surface area contributed by atoms with Crippen molar-refractivity contribution in [1.29, 1.82) is 0 Å². The van der Waals surface area contributed by atoms with Gasteiger partial charge in [-0.3, -0.25) is 19.2 Å². The Bertz CT molecular complexity index is 1460. The SMILES string of the molecule is COc1ccc(C2OC3(C(=O)c4ccccc4C3=O)C3C(=O)N(c4ccc(Br)cc4)C(=O)C23)cc1OC. The summed E-state index contributed by atoms with van der Waals surface area (Å²) >= 11 is 3.36. The summed E-state index contributed by atoms with van der Waals surface area (Å²) in [6, 6.07) is 18.0. The standard InChI is InChI=1S/C28H20BrNO7/c1-35-19-12-7-14(13-20(19)36-2)23-21-22(27(34)30(26(21)33)16-10-8-15(29)9-11-16)28(37-23)24(31)17-5-3-4-6-18(17)25(28)32/h3-13,21-23H,1-2H3. The van der Waals surface area contributed by atoms with E-state index in [1.54, 1.807) is 66.7 Å². The lowest BCUT2D eigenvalue weighted by Crippen LogP contribution is -2.51. The molecule has 8 nitrogen and oxygen atoms in total. The molecule has 0 bridgehead atoms. The molecule has 3 aliphatic rings. The van der Waals surface area contributed by atoms with Crippen LogP contribution in [0, 0.1) is 11.8 Å². The van der Waals surface area contributed by atoms with Crippen molar-refractivity contribution in [2.75, 3.05) is 19.1 Å². The number of ether oxygens (including phenoxy) is 3. The Morgan fingerprint density at radius 3 is 2.03 bits per heavy atom. The molecular weight excluding hydrogens is 542 g/mol. The van der Waals surface area contributed by atoms with Gasteiger partial charge in [0.25, 0.3) is 0 Å². The summed E-state index contributed by atoms with van der Waals surface area (Å²) in [5, 5.41) is 0. The van der Waals surface area contributed by atoms with Crippen molar-refractivity contribution >= 4 is 45.0 Å². The van der Waals surface area contributed by atoms with E-state index in [0.29, 0.717) is 22.7 Å². The van der Waals surface area contributed by atoms with E-state index < -0.39 is 46.9 Å². The van der Waals surface area contributed by atoms with E-state index in [2.05, 4.69) is 15.9 Å². The largest absolute Gasteiger partial charge is 0.493 e. The van der Waals surface area contributed by atoms with E-state index in [1.165, 1.54) is 14.2 Å². The predicted octanol–water partition coefficient (Wildman–Crippen LogP) is 4.16. The molecule has 3 unspecified atom stereocenters. The van der Waals surface area contributed by atoms with E-state index in [4.69, 9.17) is 14.2 Å². The van der Waals surface area contributed by atoms with Gasteiger partial charge in [-0.15, -0.1) is 0 Å². The topological polar surface area (TPSA) is 99.2 Å². The zero-order valence-electron chi connectivity index (χ0n) is 19.8. The first-order chi connectivity index (χ1) is 17.8. The molecule has 2 fully saturated rings. The van der Waals surface area contributed by atoms with Crippen molar-refractivity contribution in [3.05, 3.63) is 87.9 Å². The predicted molar refractivity (Wildman–Crippen MR) is 135 cm³/mol. The highest BCUT2D eigenvalue weighted by Gasteiger charge is 2.74. The number of methoxy groups -OCH3 is 2. The molecule has 2 amide bonds. The summed E-state index contributed by atoms with van der Waals surface area (Å²) < 4.78 is 17.8. The molecule has 0 N–H and O–H groups in total. The lowest BCUT2D eigenvalue weighted by Gasteiger charge is -2.27. The highest BCUT2D eigenvalue weighted by atomic mass is 79.9. The lowest BCUT2D eigenvalue weighted by molar-refractivity contribution is -0.127. The van der Waals surface area contributed by atoms with Gasteiger partial charge >= 0.3 is 0 Å². The fourth-order valence-electron chi connectivity index (χ4n) is 5.69. The zero-order valence-corrected chi connectivity index (χ0v) is 21.4. The molecule has 3 aromatic rings. The summed E-state index contributed by atoms with van der Waals surface area (Å²) in [5.41, 5.74) is -0.935. The Balaban J connectivity index is 1.54. The third kappa shape index (κ3) is 3.10. The number of carbonyl (C=O) groups is 4. The molecular formula is C28H20BrNO7. The molecule has 2 heterocycles. The summed E-state index contributed by atoms with van der Waals surface area (Å²) in [7, 11) is 2.97. The minimum absolute atomic E-state index is 0.182. The van der Waals surface area contributed by atoms with Gasteiger partial charge < -0.3 is 14.2 Å². The number of fused-ring (bicyclic) bond motifs is 3. The number of ketones is 2. The number of carbonyl (C=O) groups excluding carboxylic acids is 4. The van der Waals surface area contributed by atoms with Gasteiger partial charge in [-0.2, -0.15) is 0 Å². The molecule has 2 aliphatic heterocycles. The van der Waals surface area contributed by atoms with Crippen molar-refractivity contribution in [2.24, 2.45) is 11.8 Å². The smallest absolute Gasteiger partial charge is 0.241 e. The Labute approximate surface area is 220 Å². The monoisotopic (exact) mass is 561 g/mol. The molecule has 2 saturated heterocycles. The number of anilines is 1. The maximum absolute atomic E-state index is 14.0. The van der Waals surface area contributed by atoms with Gasteiger partial charge in [0, 0.05) is 15.6 Å². The van der Waals surface area contributed by atoms with E-state index in [1.807, 2.05) is 0 Å². The summed E-state index contributed by atoms with van der Waals surface area (Å²) in [4.78, 5) is 56.6. The second-order valence-corrected chi connectivity index (χ2v) is 10.00. The number of nitrogens with zero attached hydrogens (tertiary/aromatic N) is 1. The zero-order chi connectivity index (χ0) is 26.1. The fraction of sp³-hybridized carbons (Fsp3) is 0.214. The summed E-state index contributed by atoms with van der Waals surface area (Å²) in [6.45, 7) is 0. The quantitative estimate of drug-likeness (QED) is 0.348. The normalized spacial score (nSPS) is 23.5. The third-order valence-corrected chi connectivity index (χ3v) is 7.87. The van der Waals surface area contributed by atoms with Gasteiger partial charge in [-0.25, -0.2) is 4.90 Å². The second-order valence-electron chi connectivity index (χ2n) is 9.08. The van der Waals surface area contributed by atoms with Crippen LogP contribution < -0.4 is 14.4 Å². The molecule has 3 aromatic carbocycles. The van der Waals surface area contributed by atoms with E-state index in [9.17, 15) is 19.2 Å². The number of Topliss-reactive ketones (excluding diaryl/α,β-unsaturated/α-hetero) is 2. The van der Waals surface area contributed by atoms with Crippen LogP contribution in [0.4, 0.5) is 5.69 Å². The van der Waals surface area contributed by atoms with E-state index in [-0.39, 0.29) is 11.1 Å². The highest BCUT2D eigenvalue weighted by molar-refractivity contribution is 9.10. The van der Waals surface area contributed by atoms with Crippen molar-refractivity contribution in [1.82, 2.24) is 0 Å². The molecule has 0 saturated carbocycles. The minimum Gasteiger partial charge on any atom is -0.493 e. The number of benzene rings is 3. The van der Waals surface area contributed by atoms with Crippen molar-refractivity contribution in [3.63, 3.8) is 0 Å². The van der Waals surface area contributed by atoms with Gasteiger partial charge in [-0.05, 0) is 42.0 Å². The van der Waals surface area contributed by atoms with Gasteiger partial charge in [0.2, 0.25) is 29.0 Å². The third-order valence-electron chi connectivity index (χ3n) is 7.34. The van der Waals surface area contributed by atoms with Gasteiger partial charge in [0.1, 0.15) is 0 Å². The number of halogens is 1. The average Bonchev–Trinajstić information content (AvgIpc) is 3.49. The molecule has 6 rings (SSSR count). The Kier molecular flexibility index (Phi) is 5.32. The maximum Gasteiger partial charge on any atom is 0.241 e. The Morgan fingerprint density at radius 2 is 1.43 bits per heavy atom. The molecule has 1 aliphatic carbocycles. The van der Waals surface area contributed by atoms with Crippen LogP contribution in [-0.4, -0.2) is 43.2 Å². The second kappa shape index (κ2) is 8.36. The minimum atomic E-state index is -2.14. The first-order valence-electron chi connectivity index (χ1n) is 11.5. The average molecular weight is 562 g/mol. The van der Waals surface area contributed by atoms with Crippen LogP contribution in [0.15, 0.2) is 71.2 Å². The first-order valence-corrected chi connectivity index (χ1v) is 12.3. The van der Waals surface area contributed by atoms with Crippen molar-refractivity contribution in [3.8, 4) is 11.5 Å². The van der Waals surface area contributed by atoms with Crippen LogP contribution in [0.5, 0.6) is 11.5 Å². The molecule has 1 spiro atoms. The number of hydrogen-bond donors (Lipinski definition) is 0. The van der Waals surface area contributed by atoms with Crippen LogP contribution in [0.25, 0.3) is 0 Å². The Hall–Kier alpha value is -3.82. The molecule has 0 radical (unpaired) electrons. The van der Waals surface area contributed by atoms with Gasteiger partial charge in [0.15, 0.2) is 11.5 Å². The van der Waals surface area contributed by atoms with Crippen molar-refractivity contribution in [2.45, 2.75) is 11.7 Å². The number of hydrogen-bond acceptors (Lipinski definition) is 7. The fourth-order valence-corrected chi connectivity index (χ4v) is 5.96. The van der Waals surface area contributed by atoms with Crippen LogP contribution in [0.2, 0.25) is 0 Å². The highest BCUT2D eigenvalue weighted by Crippen LogP contribution is 2.58. The first kappa shape index (κ1) is 23.6. The summed E-state index contributed by atoms with van der Waals surface area (Å²) in [5.74, 6) is -3.98. The lowest BCUT2D eigenvalue weighted by atomic mass is 9.77. The Morgan fingerprint density at radius 1 is 0.811 bits per heavy atom. The number of imide groups is 1. The van der Waals surface area contributed by atoms with Crippen LogP contribution in [-0.2, 0) is 14.3 Å². The molecule has 3 atom stereocenters. The number of amides is 2. The number of rotatable bonds is 4. The maximum atomic E-state index is 14.0. The van der Waals surface area contributed by atoms with Crippen LogP contribution in [0.3, 0.4) is 0 Å². The van der Waals surface area contributed by atoms with Crippen LogP contribution >= 0.6 is 15.9 Å². The van der Waals surface area contributed by atoms with Crippen LogP contribution in [0.1, 0.15) is 32.4 Å². The van der Waals surface area contributed by atoms with E-state index >= 15 is 0 Å². The van der Waals surface area contributed by atoms with Gasteiger partial charge in [0.05, 0.1) is 37.8 Å². The molecule has 37 heavy (non-hydrogen) atoms. The van der Waals surface area contributed by atoms with Gasteiger partial charge in [-0.1, -0.05) is 46.3 Å². The van der Waals surface area contributed by atoms with Crippen molar-refractivity contribution < 1.29 is 33.4 Å². The summed E-state index contributed by atoms with van der Waals surface area (Å²) in [6.07, 6.45) is -1.05. The molecule has 9 heteroatoms. The van der Waals surface area contributed by atoms with E-state index in [0.717, 1.165) is 9.37 Å². The molecule has 186 valence electrons. The molecule has 0 aromatic heterocycles.